The van der Waals surface area contributed by atoms with Gasteiger partial charge in [-0.2, -0.15) is 4.98 Å². The van der Waals surface area contributed by atoms with Crippen LogP contribution in [0.5, 0.6) is 11.5 Å². The summed E-state index contributed by atoms with van der Waals surface area (Å²) < 4.78 is 21.6. The van der Waals surface area contributed by atoms with E-state index in [0.29, 0.717) is 41.7 Å². The van der Waals surface area contributed by atoms with Gasteiger partial charge in [0.1, 0.15) is 0 Å². The van der Waals surface area contributed by atoms with E-state index in [0.717, 1.165) is 10.5 Å². The molecule has 1 atom stereocenters. The lowest BCUT2D eigenvalue weighted by atomic mass is 10.1. The van der Waals surface area contributed by atoms with Gasteiger partial charge in [0.2, 0.25) is 11.9 Å². The van der Waals surface area contributed by atoms with Crippen molar-refractivity contribution >= 4 is 12.0 Å². The van der Waals surface area contributed by atoms with Crippen LogP contribution in [0.3, 0.4) is 0 Å². The number of carbonyl (C=O) groups excluding carboxylic acids is 2. The second kappa shape index (κ2) is 8.86. The third kappa shape index (κ3) is 4.20. The first-order chi connectivity index (χ1) is 15.1. The summed E-state index contributed by atoms with van der Waals surface area (Å²) in [5, 5.41) is 3.96. The summed E-state index contributed by atoms with van der Waals surface area (Å²) in [5.41, 5.74) is 1.35. The van der Waals surface area contributed by atoms with Crippen molar-refractivity contribution < 1.29 is 28.3 Å². The highest BCUT2D eigenvalue weighted by molar-refractivity contribution is 6.00. The highest BCUT2D eigenvalue weighted by atomic mass is 16.6. The minimum absolute atomic E-state index is 0.0389. The predicted octanol–water partition coefficient (Wildman–Crippen LogP) is 3.75. The summed E-state index contributed by atoms with van der Waals surface area (Å²) in [6.45, 7) is 2.24. The maximum absolute atomic E-state index is 12.5. The predicted molar refractivity (Wildman–Crippen MR) is 108 cm³/mol. The molecular formula is C22H21N3O6. The number of carbonyl (C=O) groups is 2. The van der Waals surface area contributed by atoms with Crippen LogP contribution < -0.4 is 9.47 Å². The molecular weight excluding hydrogens is 402 g/mol. The van der Waals surface area contributed by atoms with Gasteiger partial charge in [0, 0.05) is 17.7 Å². The highest BCUT2D eigenvalue weighted by Gasteiger charge is 2.41. The van der Waals surface area contributed by atoms with Crippen LogP contribution in [0, 0.1) is 0 Å². The lowest BCUT2D eigenvalue weighted by Crippen LogP contribution is -2.30. The Balaban J connectivity index is 1.46. The Bertz CT molecular complexity index is 1080. The molecule has 0 saturated carbocycles. The lowest BCUT2D eigenvalue weighted by molar-refractivity contribution is -0.129. The topological polar surface area (TPSA) is 104 Å². The van der Waals surface area contributed by atoms with E-state index in [2.05, 4.69) is 10.1 Å². The summed E-state index contributed by atoms with van der Waals surface area (Å²) in [7, 11) is 1.48. The summed E-state index contributed by atoms with van der Waals surface area (Å²) in [6.07, 6.45) is -0.973. The van der Waals surface area contributed by atoms with Gasteiger partial charge >= 0.3 is 6.09 Å². The number of methoxy groups -OCH3 is 1. The summed E-state index contributed by atoms with van der Waals surface area (Å²) in [6, 6.07) is 14.4. The molecule has 1 aliphatic rings. The van der Waals surface area contributed by atoms with Crippen LogP contribution in [0.25, 0.3) is 11.4 Å². The zero-order valence-corrected chi connectivity index (χ0v) is 17.1. The number of cyclic esters (lactones) is 1. The van der Waals surface area contributed by atoms with Crippen LogP contribution in [-0.4, -0.2) is 40.7 Å². The highest BCUT2D eigenvalue weighted by Crippen LogP contribution is 2.35. The Morgan fingerprint density at radius 2 is 1.90 bits per heavy atom. The van der Waals surface area contributed by atoms with Crippen molar-refractivity contribution in [2.45, 2.75) is 26.1 Å². The van der Waals surface area contributed by atoms with Crippen LogP contribution in [0.4, 0.5) is 4.79 Å². The first kappa shape index (κ1) is 20.4. The molecule has 0 aliphatic carbocycles. The first-order valence-electron chi connectivity index (χ1n) is 9.81. The van der Waals surface area contributed by atoms with Gasteiger partial charge in [-0.05, 0) is 18.6 Å². The second-order valence-corrected chi connectivity index (χ2v) is 6.83. The summed E-state index contributed by atoms with van der Waals surface area (Å²) in [5.74, 6) is 1.20. The number of hydrogen-bond acceptors (Lipinski definition) is 8. The molecule has 1 aromatic heterocycles. The first-order valence-corrected chi connectivity index (χ1v) is 9.81. The molecule has 1 saturated heterocycles. The van der Waals surface area contributed by atoms with E-state index in [-0.39, 0.29) is 12.5 Å². The smallest absolute Gasteiger partial charge is 0.417 e. The number of ether oxygens (including phenoxy) is 3. The average Bonchev–Trinajstić information content (AvgIpc) is 3.39. The Kier molecular flexibility index (Phi) is 5.83. The molecule has 9 heteroatoms. The van der Waals surface area contributed by atoms with E-state index < -0.39 is 12.2 Å². The summed E-state index contributed by atoms with van der Waals surface area (Å²) in [4.78, 5) is 29.9. The van der Waals surface area contributed by atoms with Crippen LogP contribution >= 0.6 is 0 Å². The Morgan fingerprint density at radius 1 is 1.10 bits per heavy atom. The van der Waals surface area contributed by atoms with Gasteiger partial charge in [0.05, 0.1) is 7.11 Å². The van der Waals surface area contributed by atoms with Gasteiger partial charge in [-0.1, -0.05) is 48.5 Å². The molecule has 1 aliphatic heterocycles. The van der Waals surface area contributed by atoms with Gasteiger partial charge in [-0.3, -0.25) is 4.79 Å². The quantitative estimate of drug-likeness (QED) is 0.539. The van der Waals surface area contributed by atoms with Crippen molar-refractivity contribution in [3.8, 4) is 22.9 Å². The van der Waals surface area contributed by atoms with Gasteiger partial charge in [-0.25, -0.2) is 9.69 Å². The fourth-order valence-corrected chi connectivity index (χ4v) is 3.21. The molecule has 2 amide bonds. The number of amides is 2. The van der Waals surface area contributed by atoms with Gasteiger partial charge < -0.3 is 18.7 Å². The van der Waals surface area contributed by atoms with E-state index in [1.165, 1.54) is 7.11 Å². The Labute approximate surface area is 178 Å². The molecule has 0 N–H and O–H groups in total. The fourth-order valence-electron chi connectivity index (χ4n) is 3.21. The molecule has 0 bridgehead atoms. The molecule has 2 aromatic carbocycles. The van der Waals surface area contributed by atoms with Crippen molar-refractivity contribution in [2.24, 2.45) is 0 Å². The second-order valence-electron chi connectivity index (χ2n) is 6.83. The van der Waals surface area contributed by atoms with E-state index >= 15 is 0 Å². The van der Waals surface area contributed by atoms with Gasteiger partial charge in [-0.15, -0.1) is 0 Å². The molecule has 3 aromatic rings. The van der Waals surface area contributed by atoms with E-state index in [9.17, 15) is 9.59 Å². The molecule has 0 radical (unpaired) electrons. The van der Waals surface area contributed by atoms with Crippen molar-refractivity contribution in [3.05, 3.63) is 60.0 Å². The minimum Gasteiger partial charge on any atom is -0.493 e. The van der Waals surface area contributed by atoms with Crippen LogP contribution in [0.1, 0.15) is 30.9 Å². The van der Waals surface area contributed by atoms with Crippen molar-refractivity contribution in [2.75, 3.05) is 13.7 Å². The van der Waals surface area contributed by atoms with Gasteiger partial charge in [0.15, 0.2) is 18.1 Å². The molecule has 4 rings (SSSR count). The SMILES string of the molecule is CCCN1C(=O)OC(c2ccc(OCc3nc(-c4ccccc4)no3)c(OC)c2)C1=O. The standard InChI is InChI=1S/C22H21N3O6/c1-3-11-25-21(26)19(30-22(25)27)15-9-10-16(17(12-15)28-2)29-13-18-23-20(24-31-18)14-7-5-4-6-8-14/h4-10,12,19H,3,11,13H2,1-2H3. The van der Waals surface area contributed by atoms with Gasteiger partial charge in [0.25, 0.3) is 11.8 Å². The van der Waals surface area contributed by atoms with Crippen LogP contribution in [0.2, 0.25) is 0 Å². The van der Waals surface area contributed by atoms with Crippen molar-refractivity contribution in [1.29, 1.82) is 0 Å². The molecule has 0 spiro atoms. The number of imide groups is 1. The third-order valence-electron chi connectivity index (χ3n) is 4.72. The maximum Gasteiger partial charge on any atom is 0.417 e. The number of rotatable bonds is 8. The lowest BCUT2D eigenvalue weighted by Gasteiger charge is -2.13. The van der Waals surface area contributed by atoms with Crippen molar-refractivity contribution in [1.82, 2.24) is 15.0 Å². The van der Waals surface area contributed by atoms with E-state index in [4.69, 9.17) is 18.7 Å². The maximum atomic E-state index is 12.5. The number of nitrogens with zero attached hydrogens (tertiary/aromatic N) is 3. The number of hydrogen-bond donors (Lipinski definition) is 0. The molecule has 1 unspecified atom stereocenters. The largest absolute Gasteiger partial charge is 0.493 e. The van der Waals surface area contributed by atoms with E-state index in [1.807, 2.05) is 37.3 Å². The molecule has 160 valence electrons. The normalized spacial score (nSPS) is 15.8. The fraction of sp³-hybridized carbons (Fsp3) is 0.273. The summed E-state index contributed by atoms with van der Waals surface area (Å²) >= 11 is 0. The average molecular weight is 423 g/mol. The monoisotopic (exact) mass is 423 g/mol. The number of benzene rings is 2. The third-order valence-corrected chi connectivity index (χ3v) is 4.72. The molecule has 31 heavy (non-hydrogen) atoms. The van der Waals surface area contributed by atoms with Crippen molar-refractivity contribution in [3.63, 3.8) is 0 Å². The molecule has 1 fully saturated rings. The Hall–Kier alpha value is -3.88. The van der Waals surface area contributed by atoms with E-state index in [1.54, 1.807) is 18.2 Å². The zero-order chi connectivity index (χ0) is 21.8. The number of aromatic nitrogens is 2. The van der Waals surface area contributed by atoms with Crippen LogP contribution in [0.15, 0.2) is 53.1 Å². The van der Waals surface area contributed by atoms with Crippen LogP contribution in [-0.2, 0) is 16.1 Å². The molecule has 9 nitrogen and oxygen atoms in total. The Morgan fingerprint density at radius 3 is 2.65 bits per heavy atom. The zero-order valence-electron chi connectivity index (χ0n) is 17.1. The minimum atomic E-state index is -0.994. The molecule has 2 heterocycles.